The first-order chi connectivity index (χ1) is 5.97. The predicted octanol–water partition coefficient (Wildman–Crippen LogP) is 1.46. The van der Waals surface area contributed by atoms with Crippen molar-refractivity contribution in [3.63, 3.8) is 0 Å². The van der Waals surface area contributed by atoms with Crippen molar-refractivity contribution in [2.24, 2.45) is 5.92 Å². The zero-order valence-corrected chi connectivity index (χ0v) is 9.47. The van der Waals surface area contributed by atoms with Crippen LogP contribution < -0.4 is 0 Å². The lowest BCUT2D eigenvalue weighted by Gasteiger charge is -2.05. The summed E-state index contributed by atoms with van der Waals surface area (Å²) in [4.78, 5) is 0. The number of sulfonamides is 1. The van der Waals surface area contributed by atoms with Gasteiger partial charge in [-0.2, -0.15) is 4.31 Å². The number of rotatable bonds is 5. The van der Waals surface area contributed by atoms with Crippen LogP contribution in [0.4, 0.5) is 0 Å². The van der Waals surface area contributed by atoms with Crippen molar-refractivity contribution in [1.29, 1.82) is 0 Å². The van der Waals surface area contributed by atoms with Crippen molar-refractivity contribution in [1.82, 2.24) is 4.31 Å². The number of hydrogen-bond donors (Lipinski definition) is 0. The highest BCUT2D eigenvalue weighted by molar-refractivity contribution is 7.89. The summed E-state index contributed by atoms with van der Waals surface area (Å²) in [7, 11) is -2.90. The number of hydrogen-bond acceptors (Lipinski definition) is 2. The van der Waals surface area contributed by atoms with Crippen molar-refractivity contribution in [2.75, 3.05) is 12.3 Å². The van der Waals surface area contributed by atoms with Gasteiger partial charge in [-0.3, -0.25) is 0 Å². The molecule has 1 aliphatic rings. The molecule has 1 fully saturated rings. The molecule has 1 rings (SSSR count). The second-order valence-corrected chi connectivity index (χ2v) is 6.21. The molecule has 2 atom stereocenters. The lowest BCUT2D eigenvalue weighted by Crippen LogP contribution is -2.18. The maximum Gasteiger partial charge on any atom is 0.214 e. The Morgan fingerprint density at radius 3 is 2.54 bits per heavy atom. The molecule has 0 N–H and O–H groups in total. The summed E-state index contributed by atoms with van der Waals surface area (Å²) in [5.74, 6) is 0.897. The van der Waals surface area contributed by atoms with Crippen LogP contribution in [0.1, 0.15) is 33.6 Å². The Morgan fingerprint density at radius 2 is 2.08 bits per heavy atom. The fourth-order valence-electron chi connectivity index (χ4n) is 1.61. The Balaban J connectivity index is 2.42. The molecular formula is C9H19NO2S. The van der Waals surface area contributed by atoms with E-state index in [4.69, 9.17) is 0 Å². The van der Waals surface area contributed by atoms with Gasteiger partial charge in [0.15, 0.2) is 0 Å². The molecule has 0 aromatic rings. The van der Waals surface area contributed by atoms with Crippen LogP contribution in [-0.2, 0) is 10.0 Å². The Hall–Kier alpha value is -0.0900. The summed E-state index contributed by atoms with van der Waals surface area (Å²) in [6.07, 6.45) is 1.72. The van der Waals surface area contributed by atoms with Crippen molar-refractivity contribution in [3.8, 4) is 0 Å². The highest BCUT2D eigenvalue weighted by Gasteiger charge is 2.42. The second kappa shape index (κ2) is 3.96. The summed E-state index contributed by atoms with van der Waals surface area (Å²) in [5.41, 5.74) is 0. The summed E-state index contributed by atoms with van der Waals surface area (Å²) >= 11 is 0. The highest BCUT2D eigenvalue weighted by atomic mass is 32.2. The molecule has 3 nitrogen and oxygen atoms in total. The maximum absolute atomic E-state index is 11.5. The largest absolute Gasteiger partial charge is 0.214 e. The van der Waals surface area contributed by atoms with Gasteiger partial charge >= 0.3 is 0 Å². The predicted molar refractivity (Wildman–Crippen MR) is 54.0 cm³/mol. The topological polar surface area (TPSA) is 37.1 Å². The average Bonchev–Trinajstić information content (AvgIpc) is 2.66. The van der Waals surface area contributed by atoms with Gasteiger partial charge in [-0.25, -0.2) is 8.42 Å². The quantitative estimate of drug-likeness (QED) is 0.637. The first kappa shape index (κ1) is 11.0. The Labute approximate surface area is 81.2 Å². The molecular weight excluding hydrogens is 186 g/mol. The van der Waals surface area contributed by atoms with E-state index in [9.17, 15) is 8.42 Å². The van der Waals surface area contributed by atoms with E-state index in [1.807, 2.05) is 6.92 Å². The van der Waals surface area contributed by atoms with Crippen LogP contribution in [0.5, 0.6) is 0 Å². The van der Waals surface area contributed by atoms with Gasteiger partial charge in [0.1, 0.15) is 0 Å². The molecule has 0 amide bonds. The molecule has 0 bridgehead atoms. The average molecular weight is 205 g/mol. The van der Waals surface area contributed by atoms with E-state index in [-0.39, 0.29) is 0 Å². The van der Waals surface area contributed by atoms with Crippen LogP contribution in [0, 0.1) is 5.92 Å². The standard InChI is InChI=1S/C9H19NO2S/c1-4-5-13(11,12)10-7-9(10)6-8(2)3/h8-9H,4-7H2,1-3H3. The molecule has 0 aromatic carbocycles. The van der Waals surface area contributed by atoms with Gasteiger partial charge in [0.2, 0.25) is 10.0 Å². The molecule has 4 heteroatoms. The zero-order valence-electron chi connectivity index (χ0n) is 8.66. The molecule has 2 unspecified atom stereocenters. The lowest BCUT2D eigenvalue weighted by atomic mass is 10.1. The molecule has 0 aliphatic carbocycles. The first-order valence-corrected chi connectivity index (χ1v) is 6.57. The van der Waals surface area contributed by atoms with Crippen LogP contribution in [0.3, 0.4) is 0 Å². The normalized spacial score (nSPS) is 28.0. The smallest absolute Gasteiger partial charge is 0.212 e. The van der Waals surface area contributed by atoms with Crippen LogP contribution >= 0.6 is 0 Å². The number of nitrogens with zero attached hydrogens (tertiary/aromatic N) is 1. The van der Waals surface area contributed by atoms with Crippen molar-refractivity contribution in [3.05, 3.63) is 0 Å². The zero-order chi connectivity index (χ0) is 10.1. The summed E-state index contributed by atoms with van der Waals surface area (Å²) in [5, 5.41) is 0. The third-order valence-electron chi connectivity index (χ3n) is 2.23. The van der Waals surface area contributed by atoms with Crippen molar-refractivity contribution >= 4 is 10.0 Å². The van der Waals surface area contributed by atoms with Crippen molar-refractivity contribution < 1.29 is 8.42 Å². The van der Waals surface area contributed by atoms with Gasteiger partial charge in [-0.15, -0.1) is 0 Å². The van der Waals surface area contributed by atoms with Gasteiger partial charge in [0.25, 0.3) is 0 Å². The minimum Gasteiger partial charge on any atom is -0.212 e. The SMILES string of the molecule is CCCS(=O)(=O)N1CC1CC(C)C. The van der Waals surface area contributed by atoms with E-state index in [2.05, 4.69) is 13.8 Å². The maximum atomic E-state index is 11.5. The summed E-state index contributed by atoms with van der Waals surface area (Å²) in [6, 6.07) is 0.302. The first-order valence-electron chi connectivity index (χ1n) is 4.97. The molecule has 78 valence electrons. The molecule has 0 spiro atoms. The third kappa shape index (κ3) is 2.95. The minimum atomic E-state index is -2.90. The second-order valence-electron chi connectivity index (χ2n) is 4.17. The van der Waals surface area contributed by atoms with Crippen LogP contribution in [-0.4, -0.2) is 31.1 Å². The lowest BCUT2D eigenvalue weighted by molar-refractivity contribution is 0.515. The van der Waals surface area contributed by atoms with E-state index in [0.29, 0.717) is 24.1 Å². The van der Waals surface area contributed by atoms with E-state index in [1.54, 1.807) is 4.31 Å². The van der Waals surface area contributed by atoms with Gasteiger partial charge in [0, 0.05) is 12.6 Å². The molecule has 0 aromatic heterocycles. The van der Waals surface area contributed by atoms with E-state index in [1.165, 1.54) is 0 Å². The molecule has 1 aliphatic heterocycles. The van der Waals surface area contributed by atoms with E-state index < -0.39 is 10.0 Å². The van der Waals surface area contributed by atoms with Gasteiger partial charge in [-0.05, 0) is 18.8 Å². The van der Waals surface area contributed by atoms with Gasteiger partial charge in [-0.1, -0.05) is 20.8 Å². The minimum absolute atomic E-state index is 0.302. The fraction of sp³-hybridized carbons (Fsp3) is 1.00. The monoisotopic (exact) mass is 205 g/mol. The summed E-state index contributed by atoms with van der Waals surface area (Å²) < 4.78 is 24.7. The Bertz CT molecular complexity index is 259. The molecule has 0 saturated carbocycles. The van der Waals surface area contributed by atoms with Crippen LogP contribution in [0.2, 0.25) is 0 Å². The van der Waals surface area contributed by atoms with E-state index >= 15 is 0 Å². The molecule has 0 radical (unpaired) electrons. The Kier molecular flexibility index (Phi) is 3.35. The van der Waals surface area contributed by atoms with Gasteiger partial charge in [0.05, 0.1) is 5.75 Å². The third-order valence-corrected chi connectivity index (χ3v) is 4.31. The van der Waals surface area contributed by atoms with Crippen molar-refractivity contribution in [2.45, 2.75) is 39.7 Å². The molecule has 13 heavy (non-hydrogen) atoms. The molecule has 1 saturated heterocycles. The summed E-state index contributed by atoms with van der Waals surface area (Å²) in [6.45, 7) is 6.91. The fourth-order valence-corrected chi connectivity index (χ4v) is 3.30. The Morgan fingerprint density at radius 1 is 1.46 bits per heavy atom. The van der Waals surface area contributed by atoms with E-state index in [0.717, 1.165) is 13.0 Å². The molecule has 1 heterocycles. The van der Waals surface area contributed by atoms with Crippen LogP contribution in [0.25, 0.3) is 0 Å². The highest BCUT2D eigenvalue weighted by Crippen LogP contribution is 2.28. The van der Waals surface area contributed by atoms with Crippen LogP contribution in [0.15, 0.2) is 0 Å². The van der Waals surface area contributed by atoms with Gasteiger partial charge < -0.3 is 0 Å².